The number of carboxylic acid groups (broad SMARTS) is 1. The van der Waals surface area contributed by atoms with E-state index in [0.717, 1.165) is 6.42 Å². The topological polar surface area (TPSA) is 95.5 Å². The van der Waals surface area contributed by atoms with E-state index in [0.29, 0.717) is 6.54 Å². The van der Waals surface area contributed by atoms with Crippen molar-refractivity contribution in [3.63, 3.8) is 0 Å². The molecular formula is C13H22N2O4. The van der Waals surface area contributed by atoms with E-state index in [2.05, 4.69) is 10.6 Å². The molecule has 0 atom stereocenters. The molecule has 3 amide bonds. The number of carbonyl (C=O) groups is 3. The summed E-state index contributed by atoms with van der Waals surface area (Å²) in [7, 11) is 0. The zero-order chi connectivity index (χ0) is 15.2. The van der Waals surface area contributed by atoms with Gasteiger partial charge in [-0.15, -0.1) is 0 Å². The lowest BCUT2D eigenvalue weighted by Gasteiger charge is -2.22. The van der Waals surface area contributed by atoms with Crippen LogP contribution in [0.25, 0.3) is 0 Å². The Kier molecular flexibility index (Phi) is 6.24. The van der Waals surface area contributed by atoms with Gasteiger partial charge < -0.3 is 10.4 Å². The zero-order valence-corrected chi connectivity index (χ0v) is 12.1. The van der Waals surface area contributed by atoms with Crippen molar-refractivity contribution in [2.24, 2.45) is 5.41 Å². The van der Waals surface area contributed by atoms with Crippen LogP contribution in [0.15, 0.2) is 11.1 Å². The third-order valence-electron chi connectivity index (χ3n) is 3.14. The fourth-order valence-electron chi connectivity index (χ4n) is 1.02. The first-order valence-corrected chi connectivity index (χ1v) is 6.10. The quantitative estimate of drug-likeness (QED) is 0.662. The number of imide groups is 1. The average Bonchev–Trinajstić information content (AvgIpc) is 2.34. The van der Waals surface area contributed by atoms with Gasteiger partial charge in [0.1, 0.15) is 0 Å². The second kappa shape index (κ2) is 6.92. The van der Waals surface area contributed by atoms with Gasteiger partial charge in [-0.25, -0.2) is 9.59 Å². The van der Waals surface area contributed by atoms with Crippen LogP contribution in [-0.4, -0.2) is 29.6 Å². The maximum atomic E-state index is 11.6. The number of amides is 3. The smallest absolute Gasteiger partial charge is 0.331 e. The van der Waals surface area contributed by atoms with E-state index in [4.69, 9.17) is 5.11 Å². The van der Waals surface area contributed by atoms with Crippen LogP contribution in [0.4, 0.5) is 4.79 Å². The van der Waals surface area contributed by atoms with Gasteiger partial charge in [-0.2, -0.15) is 0 Å². The maximum absolute atomic E-state index is 11.6. The summed E-state index contributed by atoms with van der Waals surface area (Å²) in [6, 6.07) is -0.621. The lowest BCUT2D eigenvalue weighted by Crippen LogP contribution is -2.43. The van der Waals surface area contributed by atoms with Gasteiger partial charge in [-0.3, -0.25) is 10.1 Å². The van der Waals surface area contributed by atoms with Gasteiger partial charge >= 0.3 is 12.0 Å². The summed E-state index contributed by atoms with van der Waals surface area (Å²) < 4.78 is 0. The Bertz CT molecular complexity index is 411. The van der Waals surface area contributed by atoms with Gasteiger partial charge in [0.05, 0.1) is 0 Å². The van der Waals surface area contributed by atoms with Crippen molar-refractivity contribution >= 4 is 17.9 Å². The molecule has 108 valence electrons. The van der Waals surface area contributed by atoms with E-state index in [9.17, 15) is 14.4 Å². The molecule has 0 bridgehead atoms. The van der Waals surface area contributed by atoms with Crippen molar-refractivity contribution in [1.82, 2.24) is 10.6 Å². The lowest BCUT2D eigenvalue weighted by atomic mass is 9.90. The number of aliphatic carboxylic acids is 1. The van der Waals surface area contributed by atoms with Crippen molar-refractivity contribution in [2.75, 3.05) is 6.54 Å². The first-order chi connectivity index (χ1) is 8.60. The first-order valence-electron chi connectivity index (χ1n) is 6.10. The van der Waals surface area contributed by atoms with Crippen molar-refractivity contribution in [3.05, 3.63) is 11.1 Å². The van der Waals surface area contributed by atoms with Crippen LogP contribution >= 0.6 is 0 Å². The van der Waals surface area contributed by atoms with E-state index in [1.165, 1.54) is 13.8 Å². The van der Waals surface area contributed by atoms with E-state index >= 15 is 0 Å². The van der Waals surface area contributed by atoms with Gasteiger partial charge in [0, 0.05) is 17.7 Å². The van der Waals surface area contributed by atoms with Crippen LogP contribution in [0, 0.1) is 5.41 Å². The average molecular weight is 270 g/mol. The molecule has 3 N–H and O–H groups in total. The van der Waals surface area contributed by atoms with Crippen LogP contribution in [-0.2, 0) is 9.59 Å². The molecule has 0 aliphatic rings. The second-order valence-electron chi connectivity index (χ2n) is 5.21. The van der Waals surface area contributed by atoms with Gasteiger partial charge in [0.15, 0.2) is 0 Å². The number of urea groups is 1. The highest BCUT2D eigenvalue weighted by molar-refractivity contribution is 6.07. The molecule has 0 aliphatic heterocycles. The Labute approximate surface area is 113 Å². The van der Waals surface area contributed by atoms with Crippen LogP contribution in [0.2, 0.25) is 0 Å². The number of hydrogen-bond acceptors (Lipinski definition) is 3. The zero-order valence-electron chi connectivity index (χ0n) is 12.1. The van der Waals surface area contributed by atoms with Crippen molar-refractivity contribution in [1.29, 1.82) is 0 Å². The van der Waals surface area contributed by atoms with Gasteiger partial charge in [-0.1, -0.05) is 20.8 Å². The molecule has 0 fully saturated rings. The molecule has 0 radical (unpaired) electrons. The Morgan fingerprint density at radius 2 is 1.63 bits per heavy atom. The predicted molar refractivity (Wildman–Crippen MR) is 71.6 cm³/mol. The van der Waals surface area contributed by atoms with Crippen molar-refractivity contribution < 1.29 is 19.5 Å². The van der Waals surface area contributed by atoms with E-state index in [-0.39, 0.29) is 16.6 Å². The minimum absolute atomic E-state index is 0.0115. The van der Waals surface area contributed by atoms with Gasteiger partial charge in [0.25, 0.3) is 5.91 Å². The Morgan fingerprint density at radius 1 is 1.11 bits per heavy atom. The third kappa shape index (κ3) is 6.03. The standard InChI is InChI=1S/C13H22N2O4/c1-6-13(4,5)7-14-12(19)15-10(16)8(2)9(3)11(17)18/h6-7H2,1-5H3,(H,17,18)(H2,14,15,16,19). The summed E-state index contributed by atoms with van der Waals surface area (Å²) >= 11 is 0. The molecule has 0 saturated heterocycles. The summed E-state index contributed by atoms with van der Waals surface area (Å²) in [5.41, 5.74) is -0.126. The van der Waals surface area contributed by atoms with Crippen LogP contribution < -0.4 is 10.6 Å². The number of carboxylic acids is 1. The Balaban J connectivity index is 4.48. The predicted octanol–water partition coefficient (Wildman–Crippen LogP) is 1.67. The second-order valence-corrected chi connectivity index (χ2v) is 5.21. The van der Waals surface area contributed by atoms with Crippen molar-refractivity contribution in [2.45, 2.75) is 41.0 Å². The summed E-state index contributed by atoms with van der Waals surface area (Å²) in [5, 5.41) is 13.4. The normalized spacial score (nSPS) is 12.5. The van der Waals surface area contributed by atoms with Gasteiger partial charge in [0.2, 0.25) is 0 Å². The van der Waals surface area contributed by atoms with Crippen molar-refractivity contribution in [3.8, 4) is 0 Å². The maximum Gasteiger partial charge on any atom is 0.331 e. The summed E-state index contributed by atoms with van der Waals surface area (Å²) in [4.78, 5) is 33.8. The highest BCUT2D eigenvalue weighted by Crippen LogP contribution is 2.17. The molecule has 0 aromatic heterocycles. The van der Waals surface area contributed by atoms with Crippen LogP contribution in [0.5, 0.6) is 0 Å². The fourth-order valence-corrected chi connectivity index (χ4v) is 1.02. The van der Waals surface area contributed by atoms with Gasteiger partial charge in [-0.05, 0) is 25.7 Å². The molecule has 0 aromatic rings. The highest BCUT2D eigenvalue weighted by Gasteiger charge is 2.18. The molecule has 0 heterocycles. The third-order valence-corrected chi connectivity index (χ3v) is 3.14. The SMILES string of the molecule is CCC(C)(C)CNC(=O)NC(=O)C(C)=C(C)C(=O)O. The number of rotatable bonds is 5. The summed E-state index contributed by atoms with van der Waals surface area (Å²) in [6.45, 7) is 9.11. The summed E-state index contributed by atoms with van der Waals surface area (Å²) in [5.74, 6) is -1.88. The molecule has 0 aromatic carbocycles. The first kappa shape index (κ1) is 17.2. The highest BCUT2D eigenvalue weighted by atomic mass is 16.4. The molecule has 19 heavy (non-hydrogen) atoms. The van der Waals surface area contributed by atoms with E-state index in [1.54, 1.807) is 0 Å². The number of nitrogens with one attached hydrogen (secondary N) is 2. The fraction of sp³-hybridized carbons (Fsp3) is 0.615. The number of hydrogen-bond donors (Lipinski definition) is 3. The molecule has 6 nitrogen and oxygen atoms in total. The van der Waals surface area contributed by atoms with E-state index < -0.39 is 17.9 Å². The van der Waals surface area contributed by atoms with Crippen LogP contribution in [0.1, 0.15) is 41.0 Å². The molecule has 0 spiro atoms. The summed E-state index contributed by atoms with van der Waals surface area (Å²) in [6.07, 6.45) is 0.887. The monoisotopic (exact) mass is 270 g/mol. The van der Waals surface area contributed by atoms with Crippen LogP contribution in [0.3, 0.4) is 0 Å². The Morgan fingerprint density at radius 3 is 2.05 bits per heavy atom. The minimum Gasteiger partial charge on any atom is -0.478 e. The minimum atomic E-state index is -1.18. The molecule has 0 unspecified atom stereocenters. The largest absolute Gasteiger partial charge is 0.478 e. The molecule has 6 heteroatoms. The van der Waals surface area contributed by atoms with E-state index in [1.807, 2.05) is 20.8 Å². The molecule has 0 rings (SSSR count). The molecule has 0 aliphatic carbocycles. The lowest BCUT2D eigenvalue weighted by molar-refractivity contribution is -0.133. The Hall–Kier alpha value is -1.85. The molecule has 0 saturated carbocycles. The number of carbonyl (C=O) groups excluding carboxylic acids is 2. The molecular weight excluding hydrogens is 248 g/mol.